The van der Waals surface area contributed by atoms with Gasteiger partial charge in [0.15, 0.2) is 0 Å². The molecule has 1 aliphatic heterocycles. The van der Waals surface area contributed by atoms with Crippen molar-refractivity contribution in [2.45, 2.75) is 25.2 Å². The summed E-state index contributed by atoms with van der Waals surface area (Å²) >= 11 is 0. The lowest BCUT2D eigenvalue weighted by Crippen LogP contribution is -2.38. The average Bonchev–Trinajstić information content (AvgIpc) is 3.21. The van der Waals surface area contributed by atoms with Crippen LogP contribution in [0.15, 0.2) is 18.2 Å². The number of carboxylic acids is 1. The summed E-state index contributed by atoms with van der Waals surface area (Å²) in [6.45, 7) is 5.13. The number of anilines is 1. The van der Waals surface area contributed by atoms with Gasteiger partial charge in [-0.1, -0.05) is 17.7 Å². The van der Waals surface area contributed by atoms with Crippen molar-refractivity contribution in [1.82, 2.24) is 0 Å². The number of carboxylic acid groups (broad SMARTS) is 1. The number of carbonyl (C=O) groups is 1. The topological polar surface area (TPSA) is 49.8 Å². The summed E-state index contributed by atoms with van der Waals surface area (Å²) in [4.78, 5) is 13.8. The molecule has 1 heterocycles. The van der Waals surface area contributed by atoms with E-state index in [1.54, 1.807) is 0 Å². The maximum Gasteiger partial charge on any atom is 0.314 e. The van der Waals surface area contributed by atoms with Gasteiger partial charge >= 0.3 is 5.97 Å². The molecule has 4 heteroatoms. The molecular formula is C15H19NO3. The van der Waals surface area contributed by atoms with E-state index in [1.165, 1.54) is 0 Å². The van der Waals surface area contributed by atoms with Crippen LogP contribution in [0.5, 0.6) is 0 Å². The molecule has 1 saturated heterocycles. The normalized spacial score (nSPS) is 21.2. The molecule has 3 rings (SSSR count). The number of aryl methyl sites for hydroxylation is 1. The smallest absolute Gasteiger partial charge is 0.314 e. The largest absolute Gasteiger partial charge is 0.481 e. The van der Waals surface area contributed by atoms with E-state index in [4.69, 9.17) is 4.74 Å². The number of ether oxygens (including phenoxy) is 1. The Balaban J connectivity index is 2.02. The number of aliphatic carboxylic acids is 1. The van der Waals surface area contributed by atoms with Gasteiger partial charge in [-0.3, -0.25) is 4.79 Å². The Morgan fingerprint density at radius 3 is 2.58 bits per heavy atom. The highest BCUT2D eigenvalue weighted by Crippen LogP contribution is 2.51. The first-order valence-electron chi connectivity index (χ1n) is 6.81. The molecular weight excluding hydrogens is 242 g/mol. The van der Waals surface area contributed by atoms with E-state index in [1.807, 2.05) is 13.0 Å². The highest BCUT2D eigenvalue weighted by atomic mass is 16.5. The average molecular weight is 261 g/mol. The molecule has 19 heavy (non-hydrogen) atoms. The fraction of sp³-hybridized carbons (Fsp3) is 0.533. The van der Waals surface area contributed by atoms with Crippen molar-refractivity contribution in [3.63, 3.8) is 0 Å². The molecule has 102 valence electrons. The van der Waals surface area contributed by atoms with Crippen molar-refractivity contribution in [1.29, 1.82) is 0 Å². The molecule has 0 spiro atoms. The molecule has 0 amide bonds. The summed E-state index contributed by atoms with van der Waals surface area (Å²) < 4.78 is 5.38. The van der Waals surface area contributed by atoms with Crippen LogP contribution in [-0.4, -0.2) is 37.4 Å². The lowest BCUT2D eigenvalue weighted by molar-refractivity contribution is -0.140. The van der Waals surface area contributed by atoms with Gasteiger partial charge in [0, 0.05) is 18.8 Å². The third kappa shape index (κ3) is 2.10. The van der Waals surface area contributed by atoms with E-state index in [9.17, 15) is 9.90 Å². The molecule has 0 radical (unpaired) electrons. The van der Waals surface area contributed by atoms with Crippen LogP contribution in [0.4, 0.5) is 5.69 Å². The fourth-order valence-corrected chi connectivity index (χ4v) is 2.84. The van der Waals surface area contributed by atoms with E-state index in [0.29, 0.717) is 13.2 Å². The number of hydrogen-bond acceptors (Lipinski definition) is 3. The molecule has 4 nitrogen and oxygen atoms in total. The Kier molecular flexibility index (Phi) is 2.97. The van der Waals surface area contributed by atoms with E-state index >= 15 is 0 Å². The number of benzene rings is 1. The highest BCUT2D eigenvalue weighted by Gasteiger charge is 2.53. The quantitative estimate of drug-likeness (QED) is 0.903. The zero-order valence-corrected chi connectivity index (χ0v) is 11.2. The Morgan fingerprint density at radius 2 is 2.00 bits per heavy atom. The second-order valence-corrected chi connectivity index (χ2v) is 5.51. The monoisotopic (exact) mass is 261 g/mol. The molecule has 1 N–H and O–H groups in total. The Bertz CT molecular complexity index is 502. The number of nitrogens with zero attached hydrogens (tertiary/aromatic N) is 1. The molecule has 0 bridgehead atoms. The summed E-state index contributed by atoms with van der Waals surface area (Å²) in [6, 6.07) is 6.18. The fourth-order valence-electron chi connectivity index (χ4n) is 2.84. The van der Waals surface area contributed by atoms with Crippen LogP contribution in [-0.2, 0) is 14.9 Å². The molecule has 0 atom stereocenters. The molecule has 0 unspecified atom stereocenters. The van der Waals surface area contributed by atoms with Crippen LogP contribution in [0.3, 0.4) is 0 Å². The first-order valence-corrected chi connectivity index (χ1v) is 6.81. The molecule has 1 aliphatic carbocycles. The molecule has 2 fully saturated rings. The van der Waals surface area contributed by atoms with Gasteiger partial charge in [0.2, 0.25) is 0 Å². The standard InChI is InChI=1S/C15H19NO3/c1-11-2-3-13(16-6-8-19-9-7-16)12(10-11)15(4-5-15)14(17)18/h2-3,10H,4-9H2,1H3,(H,17,18). The second-order valence-electron chi connectivity index (χ2n) is 5.51. The predicted molar refractivity (Wildman–Crippen MR) is 72.8 cm³/mol. The van der Waals surface area contributed by atoms with E-state index in [-0.39, 0.29) is 0 Å². The van der Waals surface area contributed by atoms with Crippen LogP contribution in [0, 0.1) is 6.92 Å². The third-order valence-corrected chi connectivity index (χ3v) is 4.18. The minimum Gasteiger partial charge on any atom is -0.481 e. The number of morpholine rings is 1. The van der Waals surface area contributed by atoms with Gasteiger partial charge in [-0.15, -0.1) is 0 Å². The minimum atomic E-state index is -0.687. The Labute approximate surface area is 113 Å². The van der Waals surface area contributed by atoms with Crippen LogP contribution in [0.25, 0.3) is 0 Å². The van der Waals surface area contributed by atoms with Gasteiger partial charge in [-0.05, 0) is 31.4 Å². The maximum atomic E-state index is 11.6. The van der Waals surface area contributed by atoms with Crippen LogP contribution in [0.2, 0.25) is 0 Å². The van der Waals surface area contributed by atoms with Crippen LogP contribution < -0.4 is 4.90 Å². The van der Waals surface area contributed by atoms with Gasteiger partial charge < -0.3 is 14.7 Å². The molecule has 2 aliphatic rings. The van der Waals surface area contributed by atoms with Gasteiger partial charge in [0.25, 0.3) is 0 Å². The van der Waals surface area contributed by atoms with E-state index in [2.05, 4.69) is 17.0 Å². The third-order valence-electron chi connectivity index (χ3n) is 4.18. The summed E-state index contributed by atoms with van der Waals surface area (Å²) in [5.41, 5.74) is 2.55. The number of rotatable bonds is 3. The molecule has 1 aromatic rings. The van der Waals surface area contributed by atoms with Crippen molar-refractivity contribution >= 4 is 11.7 Å². The molecule has 0 aromatic heterocycles. The van der Waals surface area contributed by atoms with Gasteiger partial charge in [0.1, 0.15) is 0 Å². The lowest BCUT2D eigenvalue weighted by Gasteiger charge is -2.32. The lowest BCUT2D eigenvalue weighted by atomic mass is 9.92. The summed E-state index contributed by atoms with van der Waals surface area (Å²) in [5.74, 6) is -0.687. The van der Waals surface area contributed by atoms with Gasteiger partial charge in [0.05, 0.1) is 18.6 Å². The van der Waals surface area contributed by atoms with Crippen molar-refractivity contribution in [3.8, 4) is 0 Å². The molecule has 1 aromatic carbocycles. The zero-order valence-electron chi connectivity index (χ0n) is 11.2. The maximum absolute atomic E-state index is 11.6. The number of hydrogen-bond donors (Lipinski definition) is 1. The van der Waals surface area contributed by atoms with Crippen LogP contribution in [0.1, 0.15) is 24.0 Å². The Hall–Kier alpha value is -1.55. The first kappa shape index (κ1) is 12.5. The van der Waals surface area contributed by atoms with Gasteiger partial charge in [-0.25, -0.2) is 0 Å². The zero-order chi connectivity index (χ0) is 13.5. The summed E-state index contributed by atoms with van der Waals surface area (Å²) in [7, 11) is 0. The second kappa shape index (κ2) is 4.53. The van der Waals surface area contributed by atoms with E-state index < -0.39 is 11.4 Å². The minimum absolute atomic E-state index is 0.639. The van der Waals surface area contributed by atoms with Gasteiger partial charge in [-0.2, -0.15) is 0 Å². The van der Waals surface area contributed by atoms with Crippen molar-refractivity contribution in [2.75, 3.05) is 31.2 Å². The molecule has 1 saturated carbocycles. The van der Waals surface area contributed by atoms with Crippen molar-refractivity contribution < 1.29 is 14.6 Å². The van der Waals surface area contributed by atoms with E-state index in [0.717, 1.165) is 42.7 Å². The summed E-state index contributed by atoms with van der Waals surface area (Å²) in [6.07, 6.45) is 1.51. The highest BCUT2D eigenvalue weighted by molar-refractivity contribution is 5.87. The first-order chi connectivity index (χ1) is 9.13. The van der Waals surface area contributed by atoms with Crippen molar-refractivity contribution in [2.24, 2.45) is 0 Å². The van der Waals surface area contributed by atoms with Crippen LogP contribution >= 0.6 is 0 Å². The SMILES string of the molecule is Cc1ccc(N2CCOCC2)c(C2(C(=O)O)CC2)c1. The Morgan fingerprint density at radius 1 is 1.32 bits per heavy atom. The predicted octanol–water partition coefficient (Wildman–Crippen LogP) is 1.95. The summed E-state index contributed by atoms with van der Waals surface area (Å²) in [5, 5.41) is 9.53. The van der Waals surface area contributed by atoms with Crippen molar-refractivity contribution in [3.05, 3.63) is 29.3 Å².